The first kappa shape index (κ1) is 17.0. The van der Waals surface area contributed by atoms with Crippen LogP contribution in [0.3, 0.4) is 0 Å². The van der Waals surface area contributed by atoms with Crippen molar-refractivity contribution in [2.45, 2.75) is 90.9 Å². The minimum Gasteiger partial charge on any atom is -0.381 e. The maximum Gasteiger partial charge on any atom is 0.0468 e. The molecule has 0 spiro atoms. The van der Waals surface area contributed by atoms with Gasteiger partial charge in [-0.05, 0) is 24.7 Å². The number of hydrogen-bond donors (Lipinski definition) is 0. The van der Waals surface area contributed by atoms with Gasteiger partial charge in [0.1, 0.15) is 0 Å². The monoisotopic (exact) mass is 268 g/mol. The molecule has 0 aromatic rings. The first-order valence-electron chi connectivity index (χ1n) is 8.96. The lowest BCUT2D eigenvalue weighted by molar-refractivity contribution is 0.0422. The molecule has 1 aliphatic rings. The molecule has 1 heteroatoms. The van der Waals surface area contributed by atoms with E-state index in [0.29, 0.717) is 0 Å². The largest absolute Gasteiger partial charge is 0.381 e. The normalized spacial score (nSPS) is 17.2. The Labute approximate surface area is 121 Å². The molecule has 19 heavy (non-hydrogen) atoms. The van der Waals surface area contributed by atoms with Crippen LogP contribution in [0.15, 0.2) is 0 Å². The lowest BCUT2D eigenvalue weighted by atomic mass is 9.79. The Hall–Kier alpha value is -0.0400. The molecule has 0 bridgehead atoms. The summed E-state index contributed by atoms with van der Waals surface area (Å²) in [4.78, 5) is 0. The minimum absolute atomic E-state index is 0.969. The van der Waals surface area contributed by atoms with Gasteiger partial charge in [0.2, 0.25) is 0 Å². The first-order valence-corrected chi connectivity index (χ1v) is 8.96. The van der Waals surface area contributed by atoms with Gasteiger partial charge in [0.25, 0.3) is 0 Å². The van der Waals surface area contributed by atoms with Gasteiger partial charge in [-0.2, -0.15) is 0 Å². The molecule has 0 atom stereocenters. The Morgan fingerprint density at radius 2 is 1.32 bits per heavy atom. The van der Waals surface area contributed by atoms with Crippen LogP contribution >= 0.6 is 0 Å². The highest BCUT2D eigenvalue weighted by Gasteiger charge is 2.23. The molecule has 0 amide bonds. The summed E-state index contributed by atoms with van der Waals surface area (Å²) in [7, 11) is 0. The van der Waals surface area contributed by atoms with E-state index in [1.165, 1.54) is 77.0 Å². The molecule has 1 aliphatic heterocycles. The van der Waals surface area contributed by atoms with Crippen molar-refractivity contribution in [1.29, 1.82) is 0 Å². The highest BCUT2D eigenvalue weighted by Crippen LogP contribution is 2.32. The van der Waals surface area contributed by atoms with Crippen LogP contribution in [0.2, 0.25) is 0 Å². The summed E-state index contributed by atoms with van der Waals surface area (Å²) in [5.41, 5.74) is 0. The number of ether oxygens (including phenoxy) is 1. The molecule has 0 unspecified atom stereocenters. The molecule has 0 aromatic heterocycles. The fourth-order valence-electron chi connectivity index (χ4n) is 3.47. The zero-order valence-electron chi connectivity index (χ0n) is 13.5. The van der Waals surface area contributed by atoms with Gasteiger partial charge in [0, 0.05) is 13.2 Å². The van der Waals surface area contributed by atoms with E-state index < -0.39 is 0 Å². The van der Waals surface area contributed by atoms with E-state index in [2.05, 4.69) is 13.8 Å². The second kappa shape index (κ2) is 11.8. The lowest BCUT2D eigenvalue weighted by Gasteiger charge is -2.30. The molecular formula is C18H36O. The molecule has 0 aromatic carbocycles. The van der Waals surface area contributed by atoms with Crippen molar-refractivity contribution in [2.24, 2.45) is 11.8 Å². The highest BCUT2D eigenvalue weighted by atomic mass is 16.5. The van der Waals surface area contributed by atoms with Crippen LogP contribution in [0.5, 0.6) is 0 Å². The molecule has 0 aliphatic carbocycles. The topological polar surface area (TPSA) is 9.23 Å². The number of rotatable bonds is 11. The smallest absolute Gasteiger partial charge is 0.0468 e. The summed E-state index contributed by atoms with van der Waals surface area (Å²) in [6, 6.07) is 0. The fraction of sp³-hybridized carbons (Fsp3) is 1.00. The predicted octanol–water partition coefficient (Wildman–Crippen LogP) is 5.97. The SMILES string of the molecule is CCCCCCC(CCCCCC)C1CCOCC1. The summed E-state index contributed by atoms with van der Waals surface area (Å²) in [6.07, 6.45) is 17.0. The zero-order valence-corrected chi connectivity index (χ0v) is 13.5. The van der Waals surface area contributed by atoms with Crippen molar-refractivity contribution in [3.63, 3.8) is 0 Å². The zero-order chi connectivity index (χ0) is 13.8. The Kier molecular flexibility index (Phi) is 10.5. The van der Waals surface area contributed by atoms with Gasteiger partial charge in [0.05, 0.1) is 0 Å². The van der Waals surface area contributed by atoms with E-state index in [1.54, 1.807) is 0 Å². The standard InChI is InChI=1S/C18H36O/c1-3-5-7-9-11-17(12-10-8-6-4-2)18-13-15-19-16-14-18/h17-18H,3-16H2,1-2H3. The average Bonchev–Trinajstić information content (AvgIpc) is 2.46. The van der Waals surface area contributed by atoms with Crippen molar-refractivity contribution in [2.75, 3.05) is 13.2 Å². The van der Waals surface area contributed by atoms with Crippen LogP contribution < -0.4 is 0 Å². The third kappa shape index (κ3) is 7.97. The predicted molar refractivity (Wildman–Crippen MR) is 84.6 cm³/mol. The Balaban J connectivity index is 2.24. The average molecular weight is 268 g/mol. The summed E-state index contributed by atoms with van der Waals surface area (Å²) >= 11 is 0. The Morgan fingerprint density at radius 1 is 0.789 bits per heavy atom. The molecule has 1 nitrogen and oxygen atoms in total. The lowest BCUT2D eigenvalue weighted by Crippen LogP contribution is -2.23. The Bertz CT molecular complexity index is 172. The van der Waals surface area contributed by atoms with Gasteiger partial charge in [-0.25, -0.2) is 0 Å². The molecule has 1 saturated heterocycles. The van der Waals surface area contributed by atoms with Crippen LogP contribution in [-0.4, -0.2) is 13.2 Å². The van der Waals surface area contributed by atoms with E-state index in [4.69, 9.17) is 4.74 Å². The molecule has 1 heterocycles. The van der Waals surface area contributed by atoms with Gasteiger partial charge >= 0.3 is 0 Å². The van der Waals surface area contributed by atoms with Gasteiger partial charge in [0.15, 0.2) is 0 Å². The molecule has 1 fully saturated rings. The third-order valence-electron chi connectivity index (χ3n) is 4.79. The Morgan fingerprint density at radius 3 is 1.79 bits per heavy atom. The van der Waals surface area contributed by atoms with Crippen molar-refractivity contribution >= 4 is 0 Å². The number of unbranched alkanes of at least 4 members (excludes halogenated alkanes) is 6. The van der Waals surface area contributed by atoms with Crippen molar-refractivity contribution in [3.8, 4) is 0 Å². The van der Waals surface area contributed by atoms with Gasteiger partial charge in [-0.3, -0.25) is 0 Å². The molecule has 0 N–H and O–H groups in total. The van der Waals surface area contributed by atoms with Crippen molar-refractivity contribution in [3.05, 3.63) is 0 Å². The maximum absolute atomic E-state index is 5.54. The van der Waals surface area contributed by atoms with E-state index >= 15 is 0 Å². The maximum atomic E-state index is 5.54. The van der Waals surface area contributed by atoms with Crippen LogP contribution in [0.4, 0.5) is 0 Å². The van der Waals surface area contributed by atoms with E-state index in [-0.39, 0.29) is 0 Å². The summed E-state index contributed by atoms with van der Waals surface area (Å²) in [6.45, 7) is 6.65. The van der Waals surface area contributed by atoms with Gasteiger partial charge < -0.3 is 4.74 Å². The van der Waals surface area contributed by atoms with Gasteiger partial charge in [-0.15, -0.1) is 0 Å². The third-order valence-corrected chi connectivity index (χ3v) is 4.79. The summed E-state index contributed by atoms with van der Waals surface area (Å²) in [5.74, 6) is 1.97. The molecule has 114 valence electrons. The van der Waals surface area contributed by atoms with Crippen LogP contribution in [0.1, 0.15) is 90.9 Å². The van der Waals surface area contributed by atoms with Crippen LogP contribution in [0.25, 0.3) is 0 Å². The second-order valence-corrected chi connectivity index (χ2v) is 6.41. The molecular weight excluding hydrogens is 232 g/mol. The van der Waals surface area contributed by atoms with E-state index in [0.717, 1.165) is 25.0 Å². The summed E-state index contributed by atoms with van der Waals surface area (Å²) < 4.78 is 5.54. The molecule has 1 rings (SSSR count). The van der Waals surface area contributed by atoms with Crippen LogP contribution in [-0.2, 0) is 4.74 Å². The van der Waals surface area contributed by atoms with Crippen molar-refractivity contribution in [1.82, 2.24) is 0 Å². The fourth-order valence-corrected chi connectivity index (χ4v) is 3.47. The minimum atomic E-state index is 0.969. The molecule has 0 radical (unpaired) electrons. The second-order valence-electron chi connectivity index (χ2n) is 6.41. The van der Waals surface area contributed by atoms with Gasteiger partial charge in [-0.1, -0.05) is 78.1 Å². The quantitative estimate of drug-likeness (QED) is 0.419. The van der Waals surface area contributed by atoms with E-state index in [1.807, 2.05) is 0 Å². The first-order chi connectivity index (χ1) is 9.38. The summed E-state index contributed by atoms with van der Waals surface area (Å²) in [5, 5.41) is 0. The van der Waals surface area contributed by atoms with E-state index in [9.17, 15) is 0 Å². The van der Waals surface area contributed by atoms with Crippen LogP contribution in [0, 0.1) is 11.8 Å². The number of hydrogen-bond acceptors (Lipinski definition) is 1. The van der Waals surface area contributed by atoms with Crippen molar-refractivity contribution < 1.29 is 4.74 Å². The highest BCUT2D eigenvalue weighted by molar-refractivity contribution is 4.73. The molecule has 0 saturated carbocycles.